The molecular formula is C36H24N6O. The zero-order valence-electron chi connectivity index (χ0n) is 23.0. The quantitative estimate of drug-likeness (QED) is 0.164. The molecule has 0 unspecified atom stereocenters. The molecule has 0 atom stereocenters. The molecule has 7 heteroatoms. The Balaban J connectivity index is 1.23. The van der Waals surface area contributed by atoms with Crippen molar-refractivity contribution in [3.8, 4) is 28.6 Å². The molecule has 0 bridgehead atoms. The third kappa shape index (κ3) is 3.90. The Morgan fingerprint density at radius 1 is 0.698 bits per heavy atom. The molecule has 0 spiro atoms. The number of para-hydroxylation sites is 2. The van der Waals surface area contributed by atoms with Crippen LogP contribution in [0.5, 0.6) is 0 Å². The summed E-state index contributed by atoms with van der Waals surface area (Å²) in [5.41, 5.74) is 7.72. The Kier molecular flexibility index (Phi) is 5.62. The van der Waals surface area contributed by atoms with Crippen LogP contribution in [-0.2, 0) is 0 Å². The summed E-state index contributed by atoms with van der Waals surface area (Å²) in [6.07, 6.45) is 8.42. The van der Waals surface area contributed by atoms with E-state index in [4.69, 9.17) is 9.83 Å². The van der Waals surface area contributed by atoms with E-state index in [0.717, 1.165) is 66.1 Å². The maximum absolute atomic E-state index is 7.36. The van der Waals surface area contributed by atoms with Gasteiger partial charge in [-0.05, 0) is 72.8 Å². The van der Waals surface area contributed by atoms with Crippen LogP contribution < -0.4 is 0 Å². The number of hydrogen-bond acceptors (Lipinski definition) is 5. The molecule has 0 radical (unpaired) electrons. The second-order valence-electron chi connectivity index (χ2n) is 10.3. The van der Waals surface area contributed by atoms with Gasteiger partial charge in [0, 0.05) is 50.8 Å². The summed E-state index contributed by atoms with van der Waals surface area (Å²) < 4.78 is 10.6. The van der Waals surface area contributed by atoms with Crippen LogP contribution >= 0.6 is 0 Å². The number of nitrogens with one attached hydrogen (secondary N) is 1. The van der Waals surface area contributed by atoms with Gasteiger partial charge in [0.05, 0.1) is 34.0 Å². The minimum atomic E-state index is 0.453. The standard InChI is InChI=1S/C36H24N6O/c1-23(8-6-18-37)41-31-12-4-2-10-27(31)29-20-24(14-16-33(29)41)35-39-40-36(43-35)25-15-17-34-30(21-25)28-11-3-5-13-32(28)42(34)26-9-7-19-38-22-26/h2-22,37H,1H2/b8-6-,37-18?. The molecule has 0 aliphatic heterocycles. The molecule has 4 aromatic carbocycles. The van der Waals surface area contributed by atoms with Crippen LogP contribution in [0, 0.1) is 5.41 Å². The van der Waals surface area contributed by atoms with Gasteiger partial charge in [0.2, 0.25) is 11.8 Å². The SMILES string of the molecule is C=C(/C=C\C=N)n1c2ccccc2c2cc(-c3nnc(-c4ccc5c(c4)c4ccccc4n5-c4cccnc4)o3)ccc21. The van der Waals surface area contributed by atoms with Gasteiger partial charge in [-0.15, -0.1) is 10.2 Å². The van der Waals surface area contributed by atoms with E-state index in [0.29, 0.717) is 11.8 Å². The first kappa shape index (κ1) is 24.7. The number of fused-ring (bicyclic) bond motifs is 6. The van der Waals surface area contributed by atoms with Crippen LogP contribution in [0.15, 0.2) is 133 Å². The first-order valence-electron chi connectivity index (χ1n) is 13.9. The number of allylic oxidation sites excluding steroid dienone is 3. The first-order valence-corrected chi connectivity index (χ1v) is 13.9. The van der Waals surface area contributed by atoms with Gasteiger partial charge in [0.1, 0.15) is 0 Å². The van der Waals surface area contributed by atoms with Crippen molar-refractivity contribution in [3.63, 3.8) is 0 Å². The van der Waals surface area contributed by atoms with Gasteiger partial charge in [0.25, 0.3) is 0 Å². The zero-order chi connectivity index (χ0) is 28.9. The molecule has 0 saturated heterocycles. The molecule has 8 aromatic rings. The minimum Gasteiger partial charge on any atom is -0.416 e. The summed E-state index contributed by atoms with van der Waals surface area (Å²) in [5, 5.41) is 20.6. The fourth-order valence-corrected chi connectivity index (χ4v) is 5.98. The number of benzene rings is 4. The average Bonchev–Trinajstić information content (AvgIpc) is 3.76. The van der Waals surface area contributed by atoms with Crippen LogP contribution in [0.2, 0.25) is 0 Å². The first-order chi connectivity index (χ1) is 21.2. The van der Waals surface area contributed by atoms with E-state index in [9.17, 15) is 0 Å². The maximum atomic E-state index is 7.36. The van der Waals surface area contributed by atoms with Crippen LogP contribution in [0.3, 0.4) is 0 Å². The lowest BCUT2D eigenvalue weighted by Crippen LogP contribution is -1.93. The van der Waals surface area contributed by atoms with Gasteiger partial charge in [-0.2, -0.15) is 0 Å². The monoisotopic (exact) mass is 556 g/mol. The van der Waals surface area contributed by atoms with Crippen molar-refractivity contribution < 1.29 is 4.42 Å². The molecule has 0 saturated carbocycles. The lowest BCUT2D eigenvalue weighted by molar-refractivity contribution is 0.585. The second-order valence-corrected chi connectivity index (χ2v) is 10.3. The van der Waals surface area contributed by atoms with Crippen molar-refractivity contribution >= 4 is 55.5 Å². The third-order valence-electron chi connectivity index (χ3n) is 7.84. The van der Waals surface area contributed by atoms with Gasteiger partial charge in [-0.3, -0.25) is 4.98 Å². The minimum absolute atomic E-state index is 0.453. The van der Waals surface area contributed by atoms with Crippen molar-refractivity contribution in [2.45, 2.75) is 0 Å². The summed E-state index contributed by atoms with van der Waals surface area (Å²) >= 11 is 0. The Hall–Kier alpha value is -6.08. The fraction of sp³-hybridized carbons (Fsp3) is 0. The largest absolute Gasteiger partial charge is 0.416 e. The van der Waals surface area contributed by atoms with Gasteiger partial charge in [-0.1, -0.05) is 43.0 Å². The highest BCUT2D eigenvalue weighted by atomic mass is 16.4. The van der Waals surface area contributed by atoms with Crippen molar-refractivity contribution in [2.75, 3.05) is 0 Å². The highest BCUT2D eigenvalue weighted by Crippen LogP contribution is 2.37. The number of hydrogen-bond donors (Lipinski definition) is 1. The van der Waals surface area contributed by atoms with E-state index in [1.165, 1.54) is 6.21 Å². The molecular weight excluding hydrogens is 532 g/mol. The third-order valence-corrected chi connectivity index (χ3v) is 7.84. The topological polar surface area (TPSA) is 85.5 Å². The van der Waals surface area contributed by atoms with E-state index in [-0.39, 0.29) is 0 Å². The normalized spacial score (nSPS) is 11.8. The number of nitrogens with zero attached hydrogens (tertiary/aromatic N) is 5. The van der Waals surface area contributed by atoms with Crippen LogP contribution in [-0.4, -0.2) is 30.5 Å². The summed E-state index contributed by atoms with van der Waals surface area (Å²) in [7, 11) is 0. The van der Waals surface area contributed by atoms with Crippen LogP contribution in [0.4, 0.5) is 0 Å². The molecule has 0 amide bonds. The molecule has 1 N–H and O–H groups in total. The van der Waals surface area contributed by atoms with Gasteiger partial charge >= 0.3 is 0 Å². The Labute approximate surface area is 246 Å². The van der Waals surface area contributed by atoms with Crippen molar-refractivity contribution in [1.29, 1.82) is 5.41 Å². The lowest BCUT2D eigenvalue weighted by Gasteiger charge is -2.07. The van der Waals surface area contributed by atoms with Crippen molar-refractivity contribution in [1.82, 2.24) is 24.3 Å². The van der Waals surface area contributed by atoms with Crippen molar-refractivity contribution in [2.24, 2.45) is 0 Å². The molecule has 7 nitrogen and oxygen atoms in total. The van der Waals surface area contributed by atoms with Gasteiger partial charge in [-0.25, -0.2) is 0 Å². The summed E-state index contributed by atoms with van der Waals surface area (Å²) in [4.78, 5) is 4.34. The van der Waals surface area contributed by atoms with E-state index in [1.807, 2.05) is 42.6 Å². The molecule has 0 aliphatic rings. The van der Waals surface area contributed by atoms with Crippen molar-refractivity contribution in [3.05, 3.63) is 128 Å². The highest BCUT2D eigenvalue weighted by Gasteiger charge is 2.18. The molecule has 4 heterocycles. The van der Waals surface area contributed by atoms with E-state index in [2.05, 4.69) is 97.6 Å². The Bertz CT molecular complexity index is 2390. The van der Waals surface area contributed by atoms with Gasteiger partial charge < -0.3 is 19.0 Å². The predicted molar refractivity (Wildman–Crippen MR) is 174 cm³/mol. The number of aromatic nitrogens is 5. The summed E-state index contributed by atoms with van der Waals surface area (Å²) in [6, 6.07) is 33.0. The second kappa shape index (κ2) is 9.78. The predicted octanol–water partition coefficient (Wildman–Crippen LogP) is 8.68. The molecule has 204 valence electrons. The maximum Gasteiger partial charge on any atom is 0.248 e. The number of pyridine rings is 1. The molecule has 0 aliphatic carbocycles. The Morgan fingerprint density at radius 3 is 2.00 bits per heavy atom. The van der Waals surface area contributed by atoms with Gasteiger partial charge in [0.15, 0.2) is 0 Å². The Morgan fingerprint density at radius 2 is 1.30 bits per heavy atom. The summed E-state index contributed by atoms with van der Waals surface area (Å²) in [5.74, 6) is 0.914. The molecule has 0 fully saturated rings. The zero-order valence-corrected chi connectivity index (χ0v) is 23.0. The molecule has 8 rings (SSSR count). The highest BCUT2D eigenvalue weighted by molar-refractivity contribution is 6.12. The van der Waals surface area contributed by atoms with E-state index >= 15 is 0 Å². The van der Waals surface area contributed by atoms with Crippen LogP contribution in [0.1, 0.15) is 0 Å². The average molecular weight is 557 g/mol. The smallest absolute Gasteiger partial charge is 0.248 e. The lowest BCUT2D eigenvalue weighted by atomic mass is 10.1. The fourth-order valence-electron chi connectivity index (χ4n) is 5.98. The van der Waals surface area contributed by atoms with Crippen LogP contribution in [0.25, 0.3) is 77.9 Å². The molecule has 4 aromatic heterocycles. The summed E-state index contributed by atoms with van der Waals surface area (Å²) in [6.45, 7) is 4.24. The number of rotatable bonds is 6. The van der Waals surface area contributed by atoms with E-state index < -0.39 is 0 Å². The molecule has 43 heavy (non-hydrogen) atoms. The van der Waals surface area contributed by atoms with E-state index in [1.54, 1.807) is 12.3 Å².